The SMILES string of the molecule is CCc1cc2c(OCC3CC=CCC3C)nc(Cl)nc2s1. The summed E-state index contributed by atoms with van der Waals surface area (Å²) in [6, 6.07) is 2.12. The second-order valence-electron chi connectivity index (χ2n) is 5.57. The van der Waals surface area contributed by atoms with E-state index in [0.29, 0.717) is 24.3 Å². The summed E-state index contributed by atoms with van der Waals surface area (Å²) < 4.78 is 6.01. The van der Waals surface area contributed by atoms with Crippen molar-refractivity contribution in [2.45, 2.75) is 33.1 Å². The van der Waals surface area contributed by atoms with Crippen molar-refractivity contribution < 1.29 is 4.74 Å². The molecular formula is C16H19ClN2OS. The smallest absolute Gasteiger partial charge is 0.227 e. The van der Waals surface area contributed by atoms with Gasteiger partial charge in [-0.2, -0.15) is 4.98 Å². The molecule has 0 N–H and O–H groups in total. The molecule has 5 heteroatoms. The fraction of sp³-hybridized carbons (Fsp3) is 0.500. The molecule has 112 valence electrons. The van der Waals surface area contributed by atoms with Crippen molar-refractivity contribution in [1.29, 1.82) is 0 Å². The molecule has 0 fully saturated rings. The number of hydrogen-bond donors (Lipinski definition) is 0. The van der Waals surface area contributed by atoms with Gasteiger partial charge in [-0.1, -0.05) is 26.0 Å². The molecule has 2 atom stereocenters. The summed E-state index contributed by atoms with van der Waals surface area (Å²) in [4.78, 5) is 10.8. The van der Waals surface area contributed by atoms with Gasteiger partial charge in [0.15, 0.2) is 0 Å². The van der Waals surface area contributed by atoms with Gasteiger partial charge in [0.2, 0.25) is 11.2 Å². The highest BCUT2D eigenvalue weighted by molar-refractivity contribution is 7.18. The molecule has 1 aliphatic carbocycles. The van der Waals surface area contributed by atoms with E-state index in [1.165, 1.54) is 4.88 Å². The van der Waals surface area contributed by atoms with Crippen molar-refractivity contribution in [2.75, 3.05) is 6.61 Å². The van der Waals surface area contributed by atoms with Crippen LogP contribution in [0.1, 0.15) is 31.6 Å². The molecular weight excluding hydrogens is 304 g/mol. The fourth-order valence-electron chi connectivity index (χ4n) is 2.63. The average molecular weight is 323 g/mol. The first-order valence-corrected chi connectivity index (χ1v) is 8.60. The molecule has 0 aromatic carbocycles. The number of aromatic nitrogens is 2. The molecule has 2 heterocycles. The lowest BCUT2D eigenvalue weighted by Gasteiger charge is -2.24. The topological polar surface area (TPSA) is 35.0 Å². The van der Waals surface area contributed by atoms with Crippen molar-refractivity contribution in [2.24, 2.45) is 11.8 Å². The van der Waals surface area contributed by atoms with E-state index in [4.69, 9.17) is 16.3 Å². The van der Waals surface area contributed by atoms with E-state index in [1.807, 2.05) is 0 Å². The quantitative estimate of drug-likeness (QED) is 0.594. The van der Waals surface area contributed by atoms with Crippen molar-refractivity contribution in [3.8, 4) is 5.88 Å². The summed E-state index contributed by atoms with van der Waals surface area (Å²) in [5, 5.41) is 1.25. The highest BCUT2D eigenvalue weighted by Crippen LogP contribution is 2.33. The van der Waals surface area contributed by atoms with Crippen LogP contribution in [-0.2, 0) is 6.42 Å². The first-order chi connectivity index (χ1) is 10.2. The lowest BCUT2D eigenvalue weighted by Crippen LogP contribution is -2.21. The third-order valence-electron chi connectivity index (χ3n) is 4.08. The van der Waals surface area contributed by atoms with Gasteiger partial charge >= 0.3 is 0 Å². The van der Waals surface area contributed by atoms with Crippen LogP contribution >= 0.6 is 22.9 Å². The first kappa shape index (κ1) is 14.8. The number of rotatable bonds is 4. The van der Waals surface area contributed by atoms with E-state index in [9.17, 15) is 0 Å². The summed E-state index contributed by atoms with van der Waals surface area (Å²) >= 11 is 7.68. The molecule has 0 saturated heterocycles. The molecule has 21 heavy (non-hydrogen) atoms. The van der Waals surface area contributed by atoms with Crippen LogP contribution in [0.3, 0.4) is 0 Å². The van der Waals surface area contributed by atoms with Gasteiger partial charge in [-0.25, -0.2) is 4.98 Å². The summed E-state index contributed by atoms with van der Waals surface area (Å²) in [5.74, 6) is 1.82. The Labute approximate surface area is 134 Å². The largest absolute Gasteiger partial charge is 0.477 e. The van der Waals surface area contributed by atoms with E-state index in [-0.39, 0.29) is 5.28 Å². The summed E-state index contributed by atoms with van der Waals surface area (Å²) in [5.41, 5.74) is 0. The summed E-state index contributed by atoms with van der Waals surface area (Å²) in [7, 11) is 0. The van der Waals surface area contributed by atoms with Gasteiger partial charge in [0.25, 0.3) is 0 Å². The van der Waals surface area contributed by atoms with E-state index in [0.717, 1.165) is 29.5 Å². The van der Waals surface area contributed by atoms with Crippen molar-refractivity contribution >= 4 is 33.2 Å². The van der Waals surface area contributed by atoms with Crippen LogP contribution < -0.4 is 4.74 Å². The third kappa shape index (κ3) is 3.22. The molecule has 3 nitrogen and oxygen atoms in total. The van der Waals surface area contributed by atoms with Crippen LogP contribution in [0.5, 0.6) is 5.88 Å². The Morgan fingerprint density at radius 1 is 1.33 bits per heavy atom. The second-order valence-corrected chi connectivity index (χ2v) is 7.03. The Morgan fingerprint density at radius 2 is 2.14 bits per heavy atom. The summed E-state index contributed by atoms with van der Waals surface area (Å²) in [6.07, 6.45) is 7.70. The Hall–Kier alpha value is -1.13. The summed E-state index contributed by atoms with van der Waals surface area (Å²) in [6.45, 7) is 5.10. The molecule has 0 spiro atoms. The number of fused-ring (bicyclic) bond motifs is 1. The molecule has 0 bridgehead atoms. The van der Waals surface area contributed by atoms with Gasteiger partial charge in [0.05, 0.1) is 12.0 Å². The van der Waals surface area contributed by atoms with Crippen molar-refractivity contribution in [3.63, 3.8) is 0 Å². The Morgan fingerprint density at radius 3 is 2.90 bits per heavy atom. The minimum atomic E-state index is 0.263. The standard InChI is InChI=1S/C16H19ClN2OS/c1-3-12-8-13-14(18-16(17)19-15(13)21-12)20-9-11-7-5-4-6-10(11)2/h4-5,8,10-11H,3,6-7,9H2,1-2H3. The first-order valence-electron chi connectivity index (χ1n) is 7.41. The van der Waals surface area contributed by atoms with Crippen molar-refractivity contribution in [1.82, 2.24) is 9.97 Å². The molecule has 2 unspecified atom stereocenters. The lowest BCUT2D eigenvalue weighted by atomic mass is 9.85. The second kappa shape index (κ2) is 6.32. The number of hydrogen-bond acceptors (Lipinski definition) is 4. The van der Waals surface area contributed by atoms with Gasteiger partial charge in [0, 0.05) is 4.88 Å². The normalized spacial score (nSPS) is 21.9. The molecule has 2 aromatic rings. The van der Waals surface area contributed by atoms with Crippen LogP contribution in [0.15, 0.2) is 18.2 Å². The zero-order valence-electron chi connectivity index (χ0n) is 12.3. The molecule has 1 aliphatic rings. The number of allylic oxidation sites excluding steroid dienone is 2. The molecule has 0 amide bonds. The average Bonchev–Trinajstić information content (AvgIpc) is 2.89. The van der Waals surface area contributed by atoms with E-state index in [2.05, 4.69) is 42.0 Å². The van der Waals surface area contributed by atoms with E-state index >= 15 is 0 Å². The molecule has 3 rings (SSSR count). The van der Waals surface area contributed by atoms with Gasteiger partial charge in [-0.3, -0.25) is 0 Å². The molecule has 0 aliphatic heterocycles. The highest BCUT2D eigenvalue weighted by atomic mass is 35.5. The zero-order chi connectivity index (χ0) is 14.8. The van der Waals surface area contributed by atoms with Gasteiger partial charge in [0.1, 0.15) is 4.83 Å². The van der Waals surface area contributed by atoms with Crippen LogP contribution in [0.2, 0.25) is 5.28 Å². The monoisotopic (exact) mass is 322 g/mol. The van der Waals surface area contributed by atoms with Crippen LogP contribution in [-0.4, -0.2) is 16.6 Å². The maximum atomic E-state index is 6.02. The van der Waals surface area contributed by atoms with Crippen LogP contribution in [0.25, 0.3) is 10.2 Å². The van der Waals surface area contributed by atoms with Gasteiger partial charge < -0.3 is 4.74 Å². The van der Waals surface area contributed by atoms with Crippen LogP contribution in [0.4, 0.5) is 0 Å². The highest BCUT2D eigenvalue weighted by Gasteiger charge is 2.20. The fourth-order valence-corrected chi connectivity index (χ4v) is 3.80. The third-order valence-corrected chi connectivity index (χ3v) is 5.42. The van der Waals surface area contributed by atoms with Gasteiger partial charge in [-0.15, -0.1) is 11.3 Å². The zero-order valence-corrected chi connectivity index (χ0v) is 13.9. The number of aryl methyl sites for hydroxylation is 1. The Balaban J connectivity index is 1.82. The minimum Gasteiger partial charge on any atom is -0.477 e. The van der Waals surface area contributed by atoms with Crippen LogP contribution in [0, 0.1) is 11.8 Å². The predicted molar refractivity (Wildman–Crippen MR) is 88.3 cm³/mol. The van der Waals surface area contributed by atoms with Crippen molar-refractivity contribution in [3.05, 3.63) is 28.4 Å². The number of halogens is 1. The van der Waals surface area contributed by atoms with E-state index in [1.54, 1.807) is 11.3 Å². The molecule has 0 saturated carbocycles. The molecule has 0 radical (unpaired) electrons. The number of nitrogens with zero attached hydrogens (tertiary/aromatic N) is 2. The predicted octanol–water partition coefficient (Wildman–Crippen LogP) is 4.89. The van der Waals surface area contributed by atoms with E-state index < -0.39 is 0 Å². The maximum absolute atomic E-state index is 6.02. The Kier molecular flexibility index (Phi) is 4.45. The number of thiophene rings is 1. The maximum Gasteiger partial charge on any atom is 0.227 e. The van der Waals surface area contributed by atoms with Gasteiger partial charge in [-0.05, 0) is 48.8 Å². The minimum absolute atomic E-state index is 0.263. The number of ether oxygens (including phenoxy) is 1. The Bertz CT molecular complexity index is 668. The lowest BCUT2D eigenvalue weighted by molar-refractivity contribution is 0.194. The molecule has 2 aromatic heterocycles.